The minimum absolute atomic E-state index is 0.127. The first-order valence-electron chi connectivity index (χ1n) is 2.96. The molecule has 9 heavy (non-hydrogen) atoms. The van der Waals surface area contributed by atoms with Crippen LogP contribution in [0.4, 0.5) is 0 Å². The Morgan fingerprint density at radius 1 is 1.44 bits per heavy atom. The van der Waals surface area contributed by atoms with E-state index in [1.165, 1.54) is 0 Å². The quantitative estimate of drug-likeness (QED) is 0.324. The van der Waals surface area contributed by atoms with E-state index in [1.807, 2.05) is 0 Å². The third-order valence-corrected chi connectivity index (χ3v) is 1.59. The zero-order valence-electron chi connectivity index (χ0n) is 4.99. The van der Waals surface area contributed by atoms with Crippen LogP contribution in [0.5, 0.6) is 0 Å². The summed E-state index contributed by atoms with van der Waals surface area (Å²) < 4.78 is 0. The van der Waals surface area contributed by atoms with Crippen LogP contribution < -0.4 is 5.32 Å². The summed E-state index contributed by atoms with van der Waals surface area (Å²) in [6.45, 7) is 0.241. The van der Waals surface area contributed by atoms with E-state index in [9.17, 15) is 0 Å². The van der Waals surface area contributed by atoms with Crippen LogP contribution >= 0.6 is 0 Å². The number of β-amino-alcohol motifs (C(OH)–C–C–N with tert-alkyl or cyclic N) is 1. The minimum atomic E-state index is -0.810. The van der Waals surface area contributed by atoms with Crippen molar-refractivity contribution >= 4 is 0 Å². The first-order chi connectivity index (χ1) is 4.25. The third-order valence-electron chi connectivity index (χ3n) is 1.59. The van der Waals surface area contributed by atoms with Gasteiger partial charge >= 0.3 is 0 Å². The topological polar surface area (TPSA) is 72.7 Å². The SMILES string of the molecule is OC[C@H]1NC[C@H](O)[C@H]1O. The van der Waals surface area contributed by atoms with Crippen molar-refractivity contribution in [1.82, 2.24) is 5.32 Å². The van der Waals surface area contributed by atoms with Crippen LogP contribution in [0.15, 0.2) is 0 Å². The summed E-state index contributed by atoms with van der Waals surface area (Å²) in [6.07, 6.45) is -1.53. The van der Waals surface area contributed by atoms with E-state index in [0.717, 1.165) is 0 Å². The predicted octanol–water partition coefficient (Wildman–Crippen LogP) is -2.33. The molecule has 0 aromatic rings. The Hall–Kier alpha value is -0.160. The fourth-order valence-electron chi connectivity index (χ4n) is 0.954. The average molecular weight is 133 g/mol. The molecule has 0 unspecified atom stereocenters. The number of nitrogens with one attached hydrogen (secondary N) is 1. The maximum absolute atomic E-state index is 8.98. The van der Waals surface area contributed by atoms with E-state index >= 15 is 0 Å². The Balaban J connectivity index is 2.41. The van der Waals surface area contributed by atoms with Crippen LogP contribution in [0, 0.1) is 0 Å². The van der Waals surface area contributed by atoms with E-state index in [0.29, 0.717) is 6.54 Å². The molecule has 0 aliphatic carbocycles. The molecular weight excluding hydrogens is 122 g/mol. The van der Waals surface area contributed by atoms with Crippen LogP contribution in [0.25, 0.3) is 0 Å². The second-order valence-corrected chi connectivity index (χ2v) is 2.26. The summed E-state index contributed by atoms with van der Waals surface area (Å²) >= 11 is 0. The molecule has 4 heteroatoms. The molecule has 0 saturated carbocycles. The summed E-state index contributed by atoms with van der Waals surface area (Å²) in [7, 11) is 0. The van der Waals surface area contributed by atoms with Crippen LogP contribution in [0.3, 0.4) is 0 Å². The van der Waals surface area contributed by atoms with Crippen molar-refractivity contribution in [2.24, 2.45) is 0 Å². The van der Waals surface area contributed by atoms with Gasteiger partial charge in [0.25, 0.3) is 0 Å². The van der Waals surface area contributed by atoms with Crippen molar-refractivity contribution in [2.45, 2.75) is 18.2 Å². The highest BCUT2D eigenvalue weighted by molar-refractivity contribution is 4.89. The van der Waals surface area contributed by atoms with Crippen LogP contribution in [-0.2, 0) is 0 Å². The second kappa shape index (κ2) is 2.62. The summed E-state index contributed by atoms with van der Waals surface area (Å²) in [5.74, 6) is 0. The molecule has 1 aliphatic rings. The van der Waals surface area contributed by atoms with Gasteiger partial charge in [0.2, 0.25) is 0 Å². The zero-order chi connectivity index (χ0) is 6.85. The lowest BCUT2D eigenvalue weighted by Crippen LogP contribution is -2.35. The standard InChI is InChI=1S/C5H11NO3/c7-2-3-5(9)4(8)1-6-3/h3-9H,1-2H2/t3-,4+,5+/m1/s1. The average Bonchev–Trinajstić information content (AvgIpc) is 2.15. The van der Waals surface area contributed by atoms with Crippen LogP contribution in [0.1, 0.15) is 0 Å². The van der Waals surface area contributed by atoms with E-state index in [1.54, 1.807) is 0 Å². The lowest BCUT2D eigenvalue weighted by Gasteiger charge is -2.11. The lowest BCUT2D eigenvalue weighted by atomic mass is 10.1. The van der Waals surface area contributed by atoms with Crippen molar-refractivity contribution < 1.29 is 15.3 Å². The molecule has 4 nitrogen and oxygen atoms in total. The van der Waals surface area contributed by atoms with Crippen LogP contribution in [-0.4, -0.2) is 46.7 Å². The number of aliphatic hydroxyl groups is 3. The lowest BCUT2D eigenvalue weighted by molar-refractivity contribution is 0.0295. The highest BCUT2D eigenvalue weighted by Crippen LogP contribution is 2.05. The molecular formula is C5H11NO3. The highest BCUT2D eigenvalue weighted by atomic mass is 16.3. The predicted molar refractivity (Wildman–Crippen MR) is 30.9 cm³/mol. The van der Waals surface area contributed by atoms with Gasteiger partial charge in [-0.15, -0.1) is 0 Å². The Labute approximate surface area is 53.1 Å². The van der Waals surface area contributed by atoms with Crippen molar-refractivity contribution in [1.29, 1.82) is 0 Å². The summed E-state index contributed by atoms with van der Waals surface area (Å²) in [5.41, 5.74) is 0. The Bertz CT molecular complexity index is 98.2. The molecule has 1 rings (SSSR count). The van der Waals surface area contributed by atoms with Crippen LogP contribution in [0.2, 0.25) is 0 Å². The summed E-state index contributed by atoms with van der Waals surface area (Å²) in [4.78, 5) is 0. The molecule has 0 amide bonds. The van der Waals surface area contributed by atoms with Crippen molar-refractivity contribution in [3.05, 3.63) is 0 Å². The number of rotatable bonds is 1. The van der Waals surface area contributed by atoms with Crippen molar-refractivity contribution in [3.63, 3.8) is 0 Å². The van der Waals surface area contributed by atoms with Gasteiger partial charge < -0.3 is 20.6 Å². The Morgan fingerprint density at radius 3 is 2.33 bits per heavy atom. The van der Waals surface area contributed by atoms with E-state index in [-0.39, 0.29) is 12.6 Å². The number of hydrogen-bond acceptors (Lipinski definition) is 4. The van der Waals surface area contributed by atoms with Gasteiger partial charge in [0.1, 0.15) is 0 Å². The van der Waals surface area contributed by atoms with E-state index < -0.39 is 12.2 Å². The van der Waals surface area contributed by atoms with Gasteiger partial charge in [-0.2, -0.15) is 0 Å². The van der Waals surface area contributed by atoms with Gasteiger partial charge in [-0.25, -0.2) is 0 Å². The Kier molecular flexibility index (Phi) is 2.02. The number of hydrogen-bond donors (Lipinski definition) is 4. The molecule has 54 valence electrons. The van der Waals surface area contributed by atoms with Gasteiger partial charge in [-0.3, -0.25) is 0 Å². The van der Waals surface area contributed by atoms with Gasteiger partial charge in [-0.1, -0.05) is 0 Å². The van der Waals surface area contributed by atoms with Crippen molar-refractivity contribution in [3.8, 4) is 0 Å². The van der Waals surface area contributed by atoms with E-state index in [2.05, 4.69) is 5.32 Å². The zero-order valence-corrected chi connectivity index (χ0v) is 4.99. The molecule has 4 N–H and O–H groups in total. The summed E-state index contributed by atoms with van der Waals surface area (Å²) in [5, 5.41) is 29.1. The number of aliphatic hydroxyl groups excluding tert-OH is 3. The normalized spacial score (nSPS) is 43.7. The van der Waals surface area contributed by atoms with Gasteiger partial charge in [0.15, 0.2) is 0 Å². The molecule has 0 spiro atoms. The molecule has 1 aliphatic heterocycles. The van der Waals surface area contributed by atoms with Gasteiger partial charge in [-0.05, 0) is 0 Å². The maximum Gasteiger partial charge on any atom is 0.0986 e. The smallest absolute Gasteiger partial charge is 0.0986 e. The molecule has 1 fully saturated rings. The fourth-order valence-corrected chi connectivity index (χ4v) is 0.954. The molecule has 0 aromatic carbocycles. The van der Waals surface area contributed by atoms with Gasteiger partial charge in [0, 0.05) is 6.54 Å². The van der Waals surface area contributed by atoms with Gasteiger partial charge in [0.05, 0.1) is 24.9 Å². The molecule has 1 heterocycles. The Morgan fingerprint density at radius 2 is 2.11 bits per heavy atom. The fraction of sp³-hybridized carbons (Fsp3) is 1.00. The molecule has 0 bridgehead atoms. The molecule has 1 saturated heterocycles. The second-order valence-electron chi connectivity index (χ2n) is 2.26. The molecule has 0 aromatic heterocycles. The van der Waals surface area contributed by atoms with E-state index in [4.69, 9.17) is 15.3 Å². The molecule has 0 radical (unpaired) electrons. The minimum Gasteiger partial charge on any atom is -0.395 e. The summed E-state index contributed by atoms with van der Waals surface area (Å²) in [6, 6.07) is -0.347. The first-order valence-corrected chi connectivity index (χ1v) is 2.96. The maximum atomic E-state index is 8.98. The molecule has 3 atom stereocenters. The first kappa shape index (κ1) is 6.95. The third kappa shape index (κ3) is 1.21. The largest absolute Gasteiger partial charge is 0.395 e. The monoisotopic (exact) mass is 133 g/mol. The van der Waals surface area contributed by atoms with Crippen molar-refractivity contribution in [2.75, 3.05) is 13.2 Å². The highest BCUT2D eigenvalue weighted by Gasteiger charge is 2.31.